The molecule has 6 heteroatoms. The molecule has 1 aliphatic rings. The Morgan fingerprint density at radius 2 is 2.21 bits per heavy atom. The molecule has 19 heavy (non-hydrogen) atoms. The molecule has 0 aliphatic carbocycles. The third kappa shape index (κ3) is 3.69. The van der Waals surface area contributed by atoms with Gasteiger partial charge in [0.25, 0.3) is 0 Å². The number of sulfone groups is 1. The summed E-state index contributed by atoms with van der Waals surface area (Å²) in [6, 6.07) is 5.41. The van der Waals surface area contributed by atoms with Gasteiger partial charge in [0.1, 0.15) is 0 Å². The van der Waals surface area contributed by atoms with Gasteiger partial charge in [-0.05, 0) is 32.1 Å². The Hall–Kier alpha value is -0.620. The molecule has 1 heterocycles. The summed E-state index contributed by atoms with van der Waals surface area (Å²) in [7, 11) is -1.16. The minimum absolute atomic E-state index is 0.318. The molecule has 0 spiro atoms. The topological polar surface area (TPSA) is 49.4 Å². The van der Waals surface area contributed by atoms with Crippen LogP contribution >= 0.6 is 11.6 Å². The number of hydrogen-bond donors (Lipinski definition) is 1. The summed E-state index contributed by atoms with van der Waals surface area (Å²) >= 11 is 6.13. The molecule has 1 N–H and O–H groups in total. The second-order valence-corrected chi connectivity index (χ2v) is 7.51. The molecule has 1 atom stereocenters. The van der Waals surface area contributed by atoms with E-state index in [0.29, 0.717) is 28.1 Å². The zero-order chi connectivity index (χ0) is 14.0. The Morgan fingerprint density at radius 3 is 2.79 bits per heavy atom. The lowest BCUT2D eigenvalue weighted by Gasteiger charge is -2.15. The molecule has 2 rings (SSSR count). The first-order valence-electron chi connectivity index (χ1n) is 6.27. The predicted molar refractivity (Wildman–Crippen MR) is 77.3 cm³/mol. The fraction of sp³-hybridized carbons (Fsp3) is 0.538. The Labute approximate surface area is 119 Å². The Kier molecular flexibility index (Phi) is 4.50. The van der Waals surface area contributed by atoms with Crippen LogP contribution in [0.2, 0.25) is 5.02 Å². The zero-order valence-electron chi connectivity index (χ0n) is 11.2. The summed E-state index contributed by atoms with van der Waals surface area (Å²) in [6.45, 7) is 2.54. The van der Waals surface area contributed by atoms with E-state index in [2.05, 4.69) is 17.3 Å². The zero-order valence-corrected chi connectivity index (χ0v) is 12.8. The van der Waals surface area contributed by atoms with Crippen LogP contribution < -0.4 is 5.32 Å². The summed E-state index contributed by atoms with van der Waals surface area (Å²) in [5.74, 6) is 0. The number of rotatable bonds is 4. The molecule has 0 aromatic heterocycles. The summed E-state index contributed by atoms with van der Waals surface area (Å²) in [4.78, 5) is 2.57. The molecule has 0 amide bonds. The van der Waals surface area contributed by atoms with Gasteiger partial charge in [0.15, 0.2) is 9.84 Å². The molecule has 1 aromatic rings. The Bertz CT molecular complexity index is 560. The van der Waals surface area contributed by atoms with E-state index in [0.717, 1.165) is 19.5 Å². The largest absolute Gasteiger partial charge is 0.309 e. The van der Waals surface area contributed by atoms with Crippen molar-refractivity contribution in [1.82, 2.24) is 10.2 Å². The number of nitrogens with one attached hydrogen (secondary N) is 1. The van der Waals surface area contributed by atoms with E-state index in [-0.39, 0.29) is 0 Å². The standard InChI is InChI=1S/C13H19ClN2O2S/c1-16-7-6-10(9-16)15-8-11-12(14)4-3-5-13(11)19(2,17)18/h3-5,10,15H,6-9H2,1-2H3. The van der Waals surface area contributed by atoms with E-state index in [1.54, 1.807) is 18.2 Å². The molecule has 0 bridgehead atoms. The van der Waals surface area contributed by atoms with Gasteiger partial charge in [-0.25, -0.2) is 8.42 Å². The van der Waals surface area contributed by atoms with Crippen LogP contribution in [0.4, 0.5) is 0 Å². The average Bonchev–Trinajstić information content (AvgIpc) is 2.72. The first-order valence-corrected chi connectivity index (χ1v) is 8.54. The van der Waals surface area contributed by atoms with Gasteiger partial charge in [-0.2, -0.15) is 0 Å². The van der Waals surface area contributed by atoms with Crippen molar-refractivity contribution in [3.05, 3.63) is 28.8 Å². The quantitative estimate of drug-likeness (QED) is 0.916. The van der Waals surface area contributed by atoms with Crippen LogP contribution in [-0.2, 0) is 16.4 Å². The van der Waals surface area contributed by atoms with Crippen LogP contribution in [0.1, 0.15) is 12.0 Å². The molecular formula is C13H19ClN2O2S. The normalized spacial score (nSPS) is 20.9. The third-order valence-electron chi connectivity index (χ3n) is 3.43. The molecule has 0 radical (unpaired) electrons. The number of likely N-dealkylation sites (N-methyl/N-ethyl adjacent to an activating group) is 1. The van der Waals surface area contributed by atoms with Gasteiger partial charge in [-0.1, -0.05) is 17.7 Å². The van der Waals surface area contributed by atoms with Gasteiger partial charge >= 0.3 is 0 Å². The smallest absolute Gasteiger partial charge is 0.175 e. The van der Waals surface area contributed by atoms with E-state index in [4.69, 9.17) is 11.6 Å². The van der Waals surface area contributed by atoms with Gasteiger partial charge in [0.2, 0.25) is 0 Å². The molecule has 106 valence electrons. The second-order valence-electron chi connectivity index (χ2n) is 5.12. The van der Waals surface area contributed by atoms with Crippen LogP contribution in [0, 0.1) is 0 Å². The summed E-state index contributed by atoms with van der Waals surface area (Å²) < 4.78 is 23.5. The van der Waals surface area contributed by atoms with Gasteiger partial charge < -0.3 is 10.2 Å². The highest BCUT2D eigenvalue weighted by Crippen LogP contribution is 2.24. The van der Waals surface area contributed by atoms with Crippen LogP contribution in [-0.4, -0.2) is 45.8 Å². The van der Waals surface area contributed by atoms with E-state index in [1.807, 2.05) is 0 Å². The summed E-state index contributed by atoms with van der Waals surface area (Å²) in [5, 5.41) is 3.89. The monoisotopic (exact) mass is 302 g/mol. The lowest BCUT2D eigenvalue weighted by molar-refractivity contribution is 0.397. The fourth-order valence-corrected chi connectivity index (χ4v) is 3.66. The van der Waals surface area contributed by atoms with Crippen LogP contribution in [0.15, 0.2) is 23.1 Å². The van der Waals surface area contributed by atoms with E-state index in [1.165, 1.54) is 6.26 Å². The Morgan fingerprint density at radius 1 is 1.47 bits per heavy atom. The lowest BCUT2D eigenvalue weighted by atomic mass is 10.2. The van der Waals surface area contributed by atoms with Crippen molar-refractivity contribution in [2.75, 3.05) is 26.4 Å². The van der Waals surface area contributed by atoms with Crippen LogP contribution in [0.5, 0.6) is 0 Å². The fourth-order valence-electron chi connectivity index (χ4n) is 2.41. The van der Waals surface area contributed by atoms with E-state index >= 15 is 0 Å². The number of hydrogen-bond acceptors (Lipinski definition) is 4. The van der Waals surface area contributed by atoms with Gasteiger partial charge in [-0.3, -0.25) is 0 Å². The lowest BCUT2D eigenvalue weighted by Crippen LogP contribution is -2.31. The van der Waals surface area contributed by atoms with Crippen molar-refractivity contribution in [2.45, 2.75) is 23.9 Å². The Balaban J connectivity index is 2.15. The first-order chi connectivity index (χ1) is 8.88. The van der Waals surface area contributed by atoms with E-state index in [9.17, 15) is 8.42 Å². The van der Waals surface area contributed by atoms with Crippen molar-refractivity contribution in [1.29, 1.82) is 0 Å². The number of nitrogens with zero attached hydrogens (tertiary/aromatic N) is 1. The number of halogens is 1. The van der Waals surface area contributed by atoms with Gasteiger partial charge in [0.05, 0.1) is 4.90 Å². The van der Waals surface area contributed by atoms with Gasteiger partial charge in [0, 0.05) is 36.0 Å². The van der Waals surface area contributed by atoms with Crippen molar-refractivity contribution in [3.8, 4) is 0 Å². The summed E-state index contributed by atoms with van der Waals surface area (Å²) in [5.41, 5.74) is 0.668. The second kappa shape index (κ2) is 5.79. The maximum absolute atomic E-state index is 11.8. The predicted octanol–water partition coefficient (Wildman–Crippen LogP) is 1.54. The molecule has 0 saturated carbocycles. The molecule has 1 fully saturated rings. The molecule has 1 saturated heterocycles. The van der Waals surface area contributed by atoms with Gasteiger partial charge in [-0.15, -0.1) is 0 Å². The third-order valence-corrected chi connectivity index (χ3v) is 4.97. The minimum Gasteiger partial charge on any atom is -0.309 e. The average molecular weight is 303 g/mol. The number of likely N-dealkylation sites (tertiary alicyclic amines) is 1. The van der Waals surface area contributed by atoms with Crippen molar-refractivity contribution >= 4 is 21.4 Å². The molecule has 1 aliphatic heterocycles. The van der Waals surface area contributed by atoms with Crippen molar-refractivity contribution in [3.63, 3.8) is 0 Å². The van der Waals surface area contributed by atoms with Crippen molar-refractivity contribution < 1.29 is 8.42 Å². The number of benzene rings is 1. The molecule has 4 nitrogen and oxygen atoms in total. The van der Waals surface area contributed by atoms with E-state index < -0.39 is 9.84 Å². The van der Waals surface area contributed by atoms with Crippen LogP contribution in [0.25, 0.3) is 0 Å². The maximum Gasteiger partial charge on any atom is 0.175 e. The highest BCUT2D eigenvalue weighted by Gasteiger charge is 2.21. The highest BCUT2D eigenvalue weighted by atomic mass is 35.5. The SMILES string of the molecule is CN1CCC(NCc2c(Cl)cccc2S(C)(=O)=O)C1. The maximum atomic E-state index is 11.8. The molecular weight excluding hydrogens is 284 g/mol. The van der Waals surface area contributed by atoms with Crippen molar-refractivity contribution in [2.24, 2.45) is 0 Å². The summed E-state index contributed by atoms with van der Waals surface area (Å²) in [6.07, 6.45) is 2.29. The molecule has 1 unspecified atom stereocenters. The van der Waals surface area contributed by atoms with Crippen LogP contribution in [0.3, 0.4) is 0 Å². The minimum atomic E-state index is -3.25. The first kappa shape index (κ1) is 14.8. The highest BCUT2D eigenvalue weighted by molar-refractivity contribution is 7.90. The molecule has 1 aromatic carbocycles.